The summed E-state index contributed by atoms with van der Waals surface area (Å²) in [5.74, 6) is -4.90. The summed E-state index contributed by atoms with van der Waals surface area (Å²) in [7, 11) is 0. The number of carbonyl (C=O) groups excluding carboxylic acids is 1. The minimum atomic E-state index is -3.74. The Kier molecular flexibility index (Phi) is 5.28. The quantitative estimate of drug-likeness (QED) is 0.532. The van der Waals surface area contributed by atoms with Gasteiger partial charge in [0.2, 0.25) is 11.5 Å². The predicted molar refractivity (Wildman–Crippen MR) is 115 cm³/mol. The van der Waals surface area contributed by atoms with Crippen LogP contribution < -0.4 is 20.3 Å². The number of aromatic nitrogens is 2. The molecule has 0 aliphatic carbocycles. The number of piperidine rings is 1. The van der Waals surface area contributed by atoms with Crippen molar-refractivity contribution in [2.75, 3.05) is 18.4 Å². The van der Waals surface area contributed by atoms with E-state index >= 15 is 0 Å². The van der Waals surface area contributed by atoms with Gasteiger partial charge in [0.15, 0.2) is 16.6 Å². The van der Waals surface area contributed by atoms with Gasteiger partial charge >= 0.3 is 6.29 Å². The Hall–Kier alpha value is -3.19. The SMILES string of the molecule is C[C@@H](C(=O)Nc1nc2cc3c(cc2s1)OC(F)(F)O3)N1CCC(F)(F)C(c2ccc(=O)[nH]c2)C1. The lowest BCUT2D eigenvalue weighted by Crippen LogP contribution is -2.52. The largest absolute Gasteiger partial charge is 0.586 e. The summed E-state index contributed by atoms with van der Waals surface area (Å²) in [6, 6.07) is 4.46. The van der Waals surface area contributed by atoms with Crippen molar-refractivity contribution in [3.63, 3.8) is 0 Å². The molecule has 1 fully saturated rings. The number of hydrogen-bond acceptors (Lipinski definition) is 7. The Morgan fingerprint density at radius 1 is 1.26 bits per heavy atom. The van der Waals surface area contributed by atoms with Crippen molar-refractivity contribution in [3.8, 4) is 11.5 Å². The number of carbonyl (C=O) groups is 1. The summed E-state index contributed by atoms with van der Waals surface area (Å²) in [5, 5.41) is 2.89. The number of pyridine rings is 1. The predicted octanol–water partition coefficient (Wildman–Crippen LogP) is 3.76. The second-order valence-electron chi connectivity index (χ2n) is 8.16. The van der Waals surface area contributed by atoms with Crippen LogP contribution in [0.2, 0.25) is 0 Å². The summed E-state index contributed by atoms with van der Waals surface area (Å²) in [6.07, 6.45) is -2.90. The fourth-order valence-electron chi connectivity index (χ4n) is 4.07. The van der Waals surface area contributed by atoms with E-state index < -0.39 is 36.5 Å². The number of rotatable bonds is 4. The molecule has 5 rings (SSSR count). The van der Waals surface area contributed by atoms with Crippen molar-refractivity contribution in [3.05, 3.63) is 46.4 Å². The van der Waals surface area contributed by atoms with E-state index in [4.69, 9.17) is 0 Å². The van der Waals surface area contributed by atoms with Crippen LogP contribution in [0, 0.1) is 0 Å². The molecule has 2 aliphatic heterocycles. The number of hydrogen-bond donors (Lipinski definition) is 2. The molecule has 13 heteroatoms. The van der Waals surface area contributed by atoms with E-state index in [0.29, 0.717) is 10.2 Å². The Morgan fingerprint density at radius 2 is 2.00 bits per heavy atom. The number of benzene rings is 1. The van der Waals surface area contributed by atoms with Gasteiger partial charge in [-0.05, 0) is 12.5 Å². The van der Waals surface area contributed by atoms with Crippen LogP contribution in [-0.4, -0.2) is 52.1 Å². The highest BCUT2D eigenvalue weighted by atomic mass is 32.1. The molecule has 2 aromatic heterocycles. The zero-order valence-electron chi connectivity index (χ0n) is 17.6. The van der Waals surface area contributed by atoms with Gasteiger partial charge in [0.05, 0.1) is 22.2 Å². The van der Waals surface area contributed by atoms with Gasteiger partial charge in [0, 0.05) is 43.9 Å². The number of halogens is 4. The first kappa shape index (κ1) is 22.6. The third kappa shape index (κ3) is 4.20. The number of nitrogens with zero attached hydrogens (tertiary/aromatic N) is 2. The molecule has 180 valence electrons. The molecule has 1 saturated heterocycles. The highest BCUT2D eigenvalue weighted by Crippen LogP contribution is 2.45. The molecule has 8 nitrogen and oxygen atoms in total. The van der Waals surface area contributed by atoms with Crippen LogP contribution in [0.5, 0.6) is 11.5 Å². The summed E-state index contributed by atoms with van der Waals surface area (Å²) in [5.41, 5.74) is 0.236. The first-order valence-electron chi connectivity index (χ1n) is 10.3. The van der Waals surface area contributed by atoms with Crippen LogP contribution in [0.4, 0.5) is 22.7 Å². The molecule has 1 amide bonds. The molecule has 0 radical (unpaired) electrons. The van der Waals surface area contributed by atoms with E-state index in [1.54, 1.807) is 11.8 Å². The lowest BCUT2D eigenvalue weighted by molar-refractivity contribution is -0.286. The number of aromatic amines is 1. The number of anilines is 1. The van der Waals surface area contributed by atoms with Gasteiger partial charge in [-0.2, -0.15) is 0 Å². The number of H-pyrrole nitrogens is 1. The van der Waals surface area contributed by atoms with Crippen molar-refractivity contribution >= 4 is 32.6 Å². The summed E-state index contributed by atoms with van der Waals surface area (Å²) in [6.45, 7) is 1.54. The molecule has 4 heterocycles. The molecule has 3 aromatic rings. The molecule has 0 bridgehead atoms. The van der Waals surface area contributed by atoms with Crippen LogP contribution >= 0.6 is 11.3 Å². The number of likely N-dealkylation sites (tertiary alicyclic amines) is 1. The van der Waals surface area contributed by atoms with E-state index in [2.05, 4.69) is 24.8 Å². The van der Waals surface area contributed by atoms with Crippen molar-refractivity contribution in [2.24, 2.45) is 0 Å². The maximum atomic E-state index is 14.6. The van der Waals surface area contributed by atoms with Crippen molar-refractivity contribution < 1.29 is 31.8 Å². The Balaban J connectivity index is 1.30. The number of amides is 1. The average Bonchev–Trinajstić information content (AvgIpc) is 3.28. The van der Waals surface area contributed by atoms with Gasteiger partial charge in [-0.25, -0.2) is 13.8 Å². The monoisotopic (exact) mass is 498 g/mol. The third-order valence-corrected chi connectivity index (χ3v) is 6.87. The fourth-order valence-corrected chi connectivity index (χ4v) is 4.95. The van der Waals surface area contributed by atoms with Gasteiger partial charge in [-0.15, -0.1) is 8.78 Å². The van der Waals surface area contributed by atoms with Gasteiger partial charge in [-0.1, -0.05) is 17.4 Å². The number of ether oxygens (including phenoxy) is 2. The summed E-state index contributed by atoms with van der Waals surface area (Å²) in [4.78, 5) is 32.4. The highest BCUT2D eigenvalue weighted by Gasteiger charge is 2.46. The Morgan fingerprint density at radius 3 is 2.71 bits per heavy atom. The molecule has 2 N–H and O–H groups in total. The number of nitrogens with one attached hydrogen (secondary N) is 2. The lowest BCUT2D eigenvalue weighted by Gasteiger charge is -2.40. The Bertz CT molecular complexity index is 1260. The Labute approximate surface area is 193 Å². The number of fused-ring (bicyclic) bond motifs is 2. The van der Waals surface area contributed by atoms with Gasteiger partial charge in [0.25, 0.3) is 5.92 Å². The van der Waals surface area contributed by atoms with Crippen molar-refractivity contribution in [1.29, 1.82) is 0 Å². The van der Waals surface area contributed by atoms with Crippen LogP contribution in [0.3, 0.4) is 0 Å². The highest BCUT2D eigenvalue weighted by molar-refractivity contribution is 7.22. The minimum absolute atomic E-state index is 0.0108. The molecular formula is C21H18F4N4O4S. The van der Waals surface area contributed by atoms with Gasteiger partial charge < -0.3 is 19.8 Å². The molecule has 0 saturated carbocycles. The van der Waals surface area contributed by atoms with Gasteiger partial charge in [-0.3, -0.25) is 14.5 Å². The molecular weight excluding hydrogens is 480 g/mol. The van der Waals surface area contributed by atoms with E-state index in [1.165, 1.54) is 30.5 Å². The van der Waals surface area contributed by atoms with Crippen LogP contribution in [0.1, 0.15) is 24.8 Å². The van der Waals surface area contributed by atoms with E-state index in [9.17, 15) is 27.2 Å². The zero-order chi connectivity index (χ0) is 24.3. The summed E-state index contributed by atoms with van der Waals surface area (Å²) >= 11 is 1.06. The molecule has 1 unspecified atom stereocenters. The summed E-state index contributed by atoms with van der Waals surface area (Å²) < 4.78 is 65.0. The topological polar surface area (TPSA) is 96.6 Å². The third-order valence-electron chi connectivity index (χ3n) is 5.94. The van der Waals surface area contributed by atoms with E-state index in [1.807, 2.05) is 0 Å². The fraction of sp³-hybridized carbons (Fsp3) is 0.381. The van der Waals surface area contributed by atoms with Crippen molar-refractivity contribution in [1.82, 2.24) is 14.9 Å². The minimum Gasteiger partial charge on any atom is -0.395 e. The maximum Gasteiger partial charge on any atom is 0.586 e. The van der Waals surface area contributed by atoms with E-state index in [-0.39, 0.29) is 40.8 Å². The second-order valence-corrected chi connectivity index (χ2v) is 9.19. The van der Waals surface area contributed by atoms with Crippen LogP contribution in [0.25, 0.3) is 10.2 Å². The van der Waals surface area contributed by atoms with Gasteiger partial charge in [0.1, 0.15) is 0 Å². The molecule has 2 atom stereocenters. The first-order chi connectivity index (χ1) is 16.0. The molecule has 34 heavy (non-hydrogen) atoms. The lowest BCUT2D eigenvalue weighted by atomic mass is 9.87. The molecule has 1 aromatic carbocycles. The smallest absolute Gasteiger partial charge is 0.395 e. The maximum absolute atomic E-state index is 14.6. The molecule has 2 aliphatic rings. The number of thiazole rings is 1. The first-order valence-corrected chi connectivity index (χ1v) is 11.1. The number of alkyl halides is 4. The van der Waals surface area contributed by atoms with Crippen LogP contribution in [-0.2, 0) is 4.79 Å². The average molecular weight is 498 g/mol. The zero-order valence-corrected chi connectivity index (χ0v) is 18.4. The molecule has 0 spiro atoms. The second kappa shape index (κ2) is 7.94. The van der Waals surface area contributed by atoms with E-state index in [0.717, 1.165) is 11.3 Å². The van der Waals surface area contributed by atoms with Crippen molar-refractivity contribution in [2.45, 2.75) is 37.5 Å². The standard InChI is InChI=1S/C21H18F4N4O4S/c1-10(29-5-4-20(22,23)12(9-29)11-2-3-17(30)26-8-11)18(31)28-19-27-13-6-14-15(7-16(13)34-19)33-21(24,25)32-14/h2-3,6-8,10,12H,4-5,9H2,1H3,(H,26,30)(H,27,28,31)/t10-,12?/m0/s1. The van der Waals surface area contributed by atoms with Crippen LogP contribution in [0.15, 0.2) is 35.3 Å². The normalized spacial score (nSPS) is 22.0.